The van der Waals surface area contributed by atoms with Gasteiger partial charge in [-0.1, -0.05) is 12.1 Å². The molecule has 20 heavy (non-hydrogen) atoms. The molecule has 0 aliphatic heterocycles. The van der Waals surface area contributed by atoms with E-state index in [9.17, 15) is 9.59 Å². The molecule has 2 aromatic rings. The number of amides is 1. The fourth-order valence-corrected chi connectivity index (χ4v) is 1.86. The summed E-state index contributed by atoms with van der Waals surface area (Å²) in [5.41, 5.74) is 1.47. The number of aromatic nitrogens is 1. The summed E-state index contributed by atoms with van der Waals surface area (Å²) >= 11 is 0. The molecular formula is C15H13N3O2. The summed E-state index contributed by atoms with van der Waals surface area (Å²) in [5.74, 6) is -0.196. The molecule has 0 spiro atoms. The highest BCUT2D eigenvalue weighted by molar-refractivity contribution is 5.92. The lowest BCUT2D eigenvalue weighted by Gasteiger charge is -2.08. The molecule has 0 fully saturated rings. The molecule has 1 aromatic heterocycles. The molecule has 2 rings (SSSR count). The quantitative estimate of drug-likeness (QED) is 0.844. The van der Waals surface area contributed by atoms with Crippen LogP contribution in [0.5, 0.6) is 0 Å². The minimum Gasteiger partial charge on any atom is -0.345 e. The molecule has 0 aliphatic carbocycles. The third kappa shape index (κ3) is 3.12. The first kappa shape index (κ1) is 13.6. The molecule has 1 amide bonds. The molecule has 0 saturated heterocycles. The van der Waals surface area contributed by atoms with Crippen LogP contribution in [0.2, 0.25) is 0 Å². The van der Waals surface area contributed by atoms with E-state index in [0.29, 0.717) is 23.5 Å². The fraction of sp³-hybridized carbons (Fsp3) is 0.133. The number of nitrogens with zero attached hydrogens (tertiary/aromatic N) is 2. The molecule has 0 atom stereocenters. The molecule has 100 valence electrons. The van der Waals surface area contributed by atoms with Crippen LogP contribution in [0.25, 0.3) is 0 Å². The van der Waals surface area contributed by atoms with Crippen LogP contribution in [-0.2, 0) is 11.3 Å². The van der Waals surface area contributed by atoms with Crippen molar-refractivity contribution in [2.75, 3.05) is 5.32 Å². The number of rotatable bonds is 5. The second-order valence-electron chi connectivity index (χ2n) is 4.20. The van der Waals surface area contributed by atoms with Gasteiger partial charge in [-0.15, -0.1) is 0 Å². The Morgan fingerprint density at radius 1 is 1.30 bits per heavy atom. The third-order valence-electron chi connectivity index (χ3n) is 2.89. The second kappa shape index (κ2) is 6.34. The SMILES string of the molecule is N#Cc1ccccc1NC(=O)CCn1cccc1C=O. The Labute approximate surface area is 116 Å². The Hall–Kier alpha value is -2.87. The van der Waals surface area contributed by atoms with E-state index in [0.717, 1.165) is 6.29 Å². The first-order valence-corrected chi connectivity index (χ1v) is 6.14. The van der Waals surface area contributed by atoms with Crippen molar-refractivity contribution in [3.63, 3.8) is 0 Å². The van der Waals surface area contributed by atoms with Crippen molar-refractivity contribution in [3.8, 4) is 6.07 Å². The van der Waals surface area contributed by atoms with E-state index in [1.54, 1.807) is 47.2 Å². The molecule has 0 radical (unpaired) electrons. The predicted molar refractivity (Wildman–Crippen MR) is 74.2 cm³/mol. The van der Waals surface area contributed by atoms with Crippen molar-refractivity contribution >= 4 is 17.9 Å². The summed E-state index contributed by atoms with van der Waals surface area (Å²) in [6.07, 6.45) is 2.73. The van der Waals surface area contributed by atoms with Crippen molar-refractivity contribution in [3.05, 3.63) is 53.9 Å². The van der Waals surface area contributed by atoms with Crippen molar-refractivity contribution in [1.82, 2.24) is 4.57 Å². The number of hydrogen-bond acceptors (Lipinski definition) is 3. The lowest BCUT2D eigenvalue weighted by molar-refractivity contribution is -0.116. The van der Waals surface area contributed by atoms with E-state index >= 15 is 0 Å². The van der Waals surface area contributed by atoms with Gasteiger partial charge in [0.05, 0.1) is 16.9 Å². The van der Waals surface area contributed by atoms with E-state index < -0.39 is 0 Å². The molecule has 1 aromatic carbocycles. The van der Waals surface area contributed by atoms with Crippen LogP contribution < -0.4 is 5.32 Å². The minimum absolute atomic E-state index is 0.196. The molecule has 5 nitrogen and oxygen atoms in total. The number of aldehydes is 1. The molecule has 0 unspecified atom stereocenters. The van der Waals surface area contributed by atoms with E-state index in [2.05, 4.69) is 5.32 Å². The highest BCUT2D eigenvalue weighted by Gasteiger charge is 2.07. The van der Waals surface area contributed by atoms with Crippen molar-refractivity contribution < 1.29 is 9.59 Å². The van der Waals surface area contributed by atoms with Gasteiger partial charge in [-0.25, -0.2) is 0 Å². The Balaban J connectivity index is 1.96. The molecule has 0 aliphatic rings. The van der Waals surface area contributed by atoms with Gasteiger partial charge in [0.2, 0.25) is 5.91 Å². The molecule has 1 heterocycles. The Morgan fingerprint density at radius 2 is 2.10 bits per heavy atom. The summed E-state index contributed by atoms with van der Waals surface area (Å²) in [5, 5.41) is 11.6. The van der Waals surface area contributed by atoms with Gasteiger partial charge >= 0.3 is 0 Å². The Morgan fingerprint density at radius 3 is 2.85 bits per heavy atom. The summed E-state index contributed by atoms with van der Waals surface area (Å²) < 4.78 is 1.71. The summed E-state index contributed by atoms with van der Waals surface area (Å²) in [6, 6.07) is 12.3. The van der Waals surface area contributed by atoms with Crippen molar-refractivity contribution in [1.29, 1.82) is 5.26 Å². The zero-order valence-corrected chi connectivity index (χ0v) is 10.7. The van der Waals surface area contributed by atoms with Crippen LogP contribution in [0.1, 0.15) is 22.5 Å². The molecule has 0 saturated carbocycles. The summed E-state index contributed by atoms with van der Waals surface area (Å²) in [4.78, 5) is 22.6. The van der Waals surface area contributed by atoms with Gasteiger partial charge in [0.25, 0.3) is 0 Å². The number of aryl methyl sites for hydroxylation is 1. The summed E-state index contributed by atoms with van der Waals surface area (Å²) in [6.45, 7) is 0.418. The molecular weight excluding hydrogens is 254 g/mol. The predicted octanol–water partition coefficient (Wildman–Crippen LogP) is 2.20. The van der Waals surface area contributed by atoms with Crippen LogP contribution in [0.15, 0.2) is 42.6 Å². The Bertz CT molecular complexity index is 668. The van der Waals surface area contributed by atoms with Crippen LogP contribution >= 0.6 is 0 Å². The van der Waals surface area contributed by atoms with E-state index in [4.69, 9.17) is 5.26 Å². The maximum atomic E-state index is 11.9. The van der Waals surface area contributed by atoms with Gasteiger partial charge in [0.15, 0.2) is 6.29 Å². The third-order valence-corrected chi connectivity index (χ3v) is 2.89. The Kier molecular flexibility index (Phi) is 4.30. The van der Waals surface area contributed by atoms with Gasteiger partial charge in [-0.3, -0.25) is 9.59 Å². The first-order valence-electron chi connectivity index (χ1n) is 6.14. The number of benzene rings is 1. The zero-order chi connectivity index (χ0) is 14.4. The maximum Gasteiger partial charge on any atom is 0.226 e. The normalized spacial score (nSPS) is 9.75. The van der Waals surface area contributed by atoms with Crippen LogP contribution in [0.4, 0.5) is 5.69 Å². The van der Waals surface area contributed by atoms with Gasteiger partial charge < -0.3 is 9.88 Å². The molecule has 0 bridgehead atoms. The second-order valence-corrected chi connectivity index (χ2v) is 4.20. The van der Waals surface area contributed by atoms with Crippen LogP contribution in [0.3, 0.4) is 0 Å². The number of carbonyl (C=O) groups is 2. The number of nitrogens with one attached hydrogen (secondary N) is 1. The number of nitriles is 1. The molecule has 5 heteroatoms. The van der Waals surface area contributed by atoms with Gasteiger partial charge in [0.1, 0.15) is 6.07 Å². The van der Waals surface area contributed by atoms with Crippen LogP contribution in [-0.4, -0.2) is 16.8 Å². The van der Waals surface area contributed by atoms with Gasteiger partial charge in [0, 0.05) is 19.2 Å². The minimum atomic E-state index is -0.196. The van der Waals surface area contributed by atoms with Gasteiger partial charge in [-0.2, -0.15) is 5.26 Å². The first-order chi connectivity index (χ1) is 9.74. The van der Waals surface area contributed by atoms with Crippen molar-refractivity contribution in [2.45, 2.75) is 13.0 Å². The maximum absolute atomic E-state index is 11.9. The van der Waals surface area contributed by atoms with E-state index in [1.165, 1.54) is 0 Å². The number of para-hydroxylation sites is 1. The fourth-order valence-electron chi connectivity index (χ4n) is 1.86. The van der Waals surface area contributed by atoms with E-state index in [-0.39, 0.29) is 12.3 Å². The monoisotopic (exact) mass is 267 g/mol. The molecule has 1 N–H and O–H groups in total. The van der Waals surface area contributed by atoms with Crippen LogP contribution in [0, 0.1) is 11.3 Å². The van der Waals surface area contributed by atoms with Crippen molar-refractivity contribution in [2.24, 2.45) is 0 Å². The largest absolute Gasteiger partial charge is 0.345 e. The average molecular weight is 267 g/mol. The lowest BCUT2D eigenvalue weighted by Crippen LogP contribution is -2.15. The smallest absolute Gasteiger partial charge is 0.226 e. The highest BCUT2D eigenvalue weighted by Crippen LogP contribution is 2.13. The topological polar surface area (TPSA) is 74.9 Å². The number of carbonyl (C=O) groups excluding carboxylic acids is 2. The van der Waals surface area contributed by atoms with Gasteiger partial charge in [-0.05, 0) is 24.3 Å². The lowest BCUT2D eigenvalue weighted by atomic mass is 10.2. The number of hydrogen-bond donors (Lipinski definition) is 1. The average Bonchev–Trinajstić information content (AvgIpc) is 2.93. The zero-order valence-electron chi connectivity index (χ0n) is 10.7. The summed E-state index contributed by atoms with van der Waals surface area (Å²) in [7, 11) is 0. The standard InChI is InChI=1S/C15H13N3O2/c16-10-12-4-1-2-6-14(12)17-15(20)7-9-18-8-3-5-13(18)11-19/h1-6,8,11H,7,9H2,(H,17,20). The number of anilines is 1. The van der Waals surface area contributed by atoms with E-state index in [1.807, 2.05) is 6.07 Å². The highest BCUT2D eigenvalue weighted by atomic mass is 16.1.